The van der Waals surface area contributed by atoms with Crippen molar-refractivity contribution in [2.45, 2.75) is 13.8 Å². The molecule has 2 aromatic carbocycles. The van der Waals surface area contributed by atoms with Gasteiger partial charge in [0.05, 0.1) is 22.2 Å². The van der Waals surface area contributed by atoms with Crippen molar-refractivity contribution in [2.24, 2.45) is 7.05 Å². The van der Waals surface area contributed by atoms with Crippen molar-refractivity contribution in [3.8, 4) is 0 Å². The van der Waals surface area contributed by atoms with E-state index < -0.39 is 15.9 Å². The minimum absolute atomic E-state index is 0.0865. The number of aromatic nitrogens is 1. The monoisotopic (exact) mass is 419 g/mol. The quantitative estimate of drug-likeness (QED) is 0.689. The van der Waals surface area contributed by atoms with Crippen LogP contribution >= 0.6 is 11.3 Å². The van der Waals surface area contributed by atoms with Gasteiger partial charge in [-0.15, -0.1) is 0 Å². The Balaban J connectivity index is 1.85. The van der Waals surface area contributed by atoms with Crippen LogP contribution in [0.15, 0.2) is 41.2 Å². The molecule has 0 fully saturated rings. The summed E-state index contributed by atoms with van der Waals surface area (Å²) in [4.78, 5) is 24.2. The lowest BCUT2D eigenvalue weighted by Gasteiger charge is -2.22. The number of anilines is 2. The Morgan fingerprint density at radius 3 is 2.39 bits per heavy atom. The van der Waals surface area contributed by atoms with Gasteiger partial charge in [-0.3, -0.25) is 13.9 Å². The van der Waals surface area contributed by atoms with Gasteiger partial charge < -0.3 is 9.88 Å². The van der Waals surface area contributed by atoms with Gasteiger partial charge in [-0.2, -0.15) is 0 Å². The summed E-state index contributed by atoms with van der Waals surface area (Å²) in [6.45, 7) is 3.40. The third-order valence-corrected chi connectivity index (χ3v) is 6.39. The summed E-state index contributed by atoms with van der Waals surface area (Å²) in [6.07, 6.45) is 1.07. The number of carbonyl (C=O) groups is 1. The van der Waals surface area contributed by atoms with E-state index in [4.69, 9.17) is 0 Å². The molecule has 3 aromatic rings. The fourth-order valence-electron chi connectivity index (χ4n) is 3.04. The molecular formula is C19H21N3O4S2. The molecule has 0 atom stereocenters. The Morgan fingerprint density at radius 2 is 1.79 bits per heavy atom. The van der Waals surface area contributed by atoms with Crippen LogP contribution in [0.4, 0.5) is 11.4 Å². The average Bonchev–Trinajstić information content (AvgIpc) is 2.84. The fraction of sp³-hybridized carbons (Fsp3) is 0.263. The molecule has 0 aliphatic carbocycles. The van der Waals surface area contributed by atoms with Crippen LogP contribution in [0.1, 0.15) is 11.1 Å². The number of nitrogens with zero attached hydrogens (tertiary/aromatic N) is 2. The van der Waals surface area contributed by atoms with E-state index in [0.717, 1.165) is 43.2 Å². The first kappa shape index (κ1) is 20.1. The zero-order valence-corrected chi connectivity index (χ0v) is 17.6. The molecule has 9 heteroatoms. The van der Waals surface area contributed by atoms with Crippen LogP contribution in [-0.4, -0.2) is 31.7 Å². The van der Waals surface area contributed by atoms with Crippen LogP contribution in [0.5, 0.6) is 0 Å². The van der Waals surface area contributed by atoms with Crippen molar-refractivity contribution >= 4 is 48.9 Å². The van der Waals surface area contributed by atoms with Crippen LogP contribution in [0.3, 0.4) is 0 Å². The number of benzene rings is 2. The number of aryl methyl sites for hydroxylation is 3. The average molecular weight is 420 g/mol. The fourth-order valence-corrected chi connectivity index (χ4v) is 4.80. The van der Waals surface area contributed by atoms with Crippen LogP contribution in [0.25, 0.3) is 10.2 Å². The molecule has 1 aromatic heterocycles. The molecule has 0 saturated heterocycles. The molecule has 0 aliphatic heterocycles. The van der Waals surface area contributed by atoms with Gasteiger partial charge in [0.1, 0.15) is 6.54 Å². The van der Waals surface area contributed by atoms with Gasteiger partial charge in [0.25, 0.3) is 0 Å². The van der Waals surface area contributed by atoms with Gasteiger partial charge in [-0.25, -0.2) is 8.42 Å². The highest BCUT2D eigenvalue weighted by Gasteiger charge is 2.21. The van der Waals surface area contributed by atoms with Gasteiger partial charge >= 0.3 is 4.87 Å². The van der Waals surface area contributed by atoms with Crippen LogP contribution in [0.2, 0.25) is 0 Å². The second-order valence-electron chi connectivity index (χ2n) is 6.77. The second-order valence-corrected chi connectivity index (χ2v) is 9.67. The number of nitrogens with one attached hydrogen (secondary N) is 1. The van der Waals surface area contributed by atoms with Crippen molar-refractivity contribution in [1.82, 2.24) is 4.57 Å². The maximum atomic E-state index is 12.5. The van der Waals surface area contributed by atoms with E-state index in [1.54, 1.807) is 37.4 Å². The van der Waals surface area contributed by atoms with E-state index in [0.29, 0.717) is 11.4 Å². The number of carbonyl (C=O) groups excluding carboxylic acids is 1. The van der Waals surface area contributed by atoms with E-state index in [1.807, 2.05) is 19.9 Å². The second kappa shape index (κ2) is 7.40. The first-order chi connectivity index (χ1) is 13.0. The molecule has 3 rings (SSSR count). The zero-order valence-electron chi connectivity index (χ0n) is 16.0. The summed E-state index contributed by atoms with van der Waals surface area (Å²) in [5.41, 5.74) is 3.56. The molecule has 0 bridgehead atoms. The predicted molar refractivity (Wildman–Crippen MR) is 114 cm³/mol. The lowest BCUT2D eigenvalue weighted by atomic mass is 10.1. The molecular weight excluding hydrogens is 398 g/mol. The van der Waals surface area contributed by atoms with Gasteiger partial charge in [-0.1, -0.05) is 17.4 Å². The van der Waals surface area contributed by atoms with Crippen LogP contribution in [-0.2, 0) is 21.9 Å². The number of hydrogen-bond donors (Lipinski definition) is 1. The molecule has 0 saturated carbocycles. The SMILES string of the molecule is Cc1cc(C)cc(N(CC(=O)Nc2ccc3c(c2)sc(=O)n3C)S(C)(=O)=O)c1. The molecule has 0 aliphatic rings. The summed E-state index contributed by atoms with van der Waals surface area (Å²) in [5, 5.41) is 2.71. The highest BCUT2D eigenvalue weighted by molar-refractivity contribution is 7.92. The molecule has 7 nitrogen and oxygen atoms in total. The molecule has 1 heterocycles. The summed E-state index contributed by atoms with van der Waals surface area (Å²) in [7, 11) is -1.96. The topological polar surface area (TPSA) is 88.5 Å². The largest absolute Gasteiger partial charge is 0.324 e. The molecule has 148 valence electrons. The van der Waals surface area contributed by atoms with E-state index in [9.17, 15) is 18.0 Å². The molecule has 0 spiro atoms. The molecule has 0 radical (unpaired) electrons. The number of sulfonamides is 1. The number of rotatable bonds is 5. The predicted octanol–water partition coefficient (Wildman–Crippen LogP) is 2.62. The smallest absolute Gasteiger partial charge is 0.307 e. The third-order valence-electron chi connectivity index (χ3n) is 4.26. The third kappa shape index (κ3) is 4.26. The number of amides is 1. The first-order valence-electron chi connectivity index (χ1n) is 8.50. The van der Waals surface area contributed by atoms with Gasteiger partial charge in [0, 0.05) is 12.7 Å². The Hall–Kier alpha value is -2.65. The Bertz CT molecular complexity index is 1210. The van der Waals surface area contributed by atoms with Crippen molar-refractivity contribution in [3.05, 3.63) is 57.2 Å². The highest BCUT2D eigenvalue weighted by Crippen LogP contribution is 2.23. The van der Waals surface area contributed by atoms with Crippen molar-refractivity contribution in [1.29, 1.82) is 0 Å². The van der Waals surface area contributed by atoms with E-state index in [1.165, 1.54) is 4.57 Å². The van der Waals surface area contributed by atoms with Gasteiger partial charge in [0.15, 0.2) is 0 Å². The van der Waals surface area contributed by atoms with Gasteiger partial charge in [0.2, 0.25) is 15.9 Å². The number of thiazole rings is 1. The number of fused-ring (bicyclic) bond motifs is 1. The van der Waals surface area contributed by atoms with Crippen LogP contribution < -0.4 is 14.5 Å². The number of hydrogen-bond acceptors (Lipinski definition) is 5. The molecule has 28 heavy (non-hydrogen) atoms. The normalized spacial score (nSPS) is 11.6. The summed E-state index contributed by atoms with van der Waals surface area (Å²) in [5.74, 6) is -0.466. The van der Waals surface area contributed by atoms with E-state index in [2.05, 4.69) is 5.32 Å². The minimum Gasteiger partial charge on any atom is -0.324 e. The first-order valence-corrected chi connectivity index (χ1v) is 11.2. The van der Waals surface area contributed by atoms with Crippen molar-refractivity contribution in [3.63, 3.8) is 0 Å². The molecule has 1 amide bonds. The van der Waals surface area contributed by atoms with E-state index in [-0.39, 0.29) is 11.4 Å². The van der Waals surface area contributed by atoms with Crippen molar-refractivity contribution in [2.75, 3.05) is 22.4 Å². The minimum atomic E-state index is -3.65. The zero-order chi connectivity index (χ0) is 20.6. The molecule has 1 N–H and O–H groups in total. The maximum Gasteiger partial charge on any atom is 0.307 e. The Kier molecular flexibility index (Phi) is 5.31. The standard InChI is InChI=1S/C19H21N3O4S2/c1-12-7-13(2)9-15(8-12)22(28(4,25)26)11-18(23)20-14-5-6-16-17(10-14)27-19(24)21(16)3/h5-10H,11H2,1-4H3,(H,20,23). The van der Waals surface area contributed by atoms with E-state index >= 15 is 0 Å². The highest BCUT2D eigenvalue weighted by atomic mass is 32.2. The lowest BCUT2D eigenvalue weighted by Crippen LogP contribution is -2.37. The summed E-state index contributed by atoms with van der Waals surface area (Å²) >= 11 is 1.09. The summed E-state index contributed by atoms with van der Waals surface area (Å²) < 4.78 is 27.9. The Morgan fingerprint density at radius 1 is 1.14 bits per heavy atom. The lowest BCUT2D eigenvalue weighted by molar-refractivity contribution is -0.114. The summed E-state index contributed by atoms with van der Waals surface area (Å²) in [6, 6.07) is 10.5. The van der Waals surface area contributed by atoms with Crippen molar-refractivity contribution < 1.29 is 13.2 Å². The van der Waals surface area contributed by atoms with Gasteiger partial charge in [-0.05, 0) is 55.3 Å². The van der Waals surface area contributed by atoms with Crippen LogP contribution in [0, 0.1) is 13.8 Å². The Labute approximate surface area is 167 Å². The molecule has 0 unspecified atom stereocenters. The maximum absolute atomic E-state index is 12.5.